The summed E-state index contributed by atoms with van der Waals surface area (Å²) >= 11 is 5.89. The molecule has 18 heavy (non-hydrogen) atoms. The average Bonchev–Trinajstić information content (AvgIpc) is 2.37. The lowest BCUT2D eigenvalue weighted by Gasteiger charge is -2.14. The van der Waals surface area contributed by atoms with Gasteiger partial charge in [-0.05, 0) is 29.8 Å². The van der Waals surface area contributed by atoms with Crippen LogP contribution in [0.1, 0.15) is 11.6 Å². The van der Waals surface area contributed by atoms with E-state index in [-0.39, 0.29) is 18.4 Å². The minimum Gasteiger partial charge on any atom is -0.504 e. The van der Waals surface area contributed by atoms with Crippen LogP contribution in [0.2, 0.25) is 5.02 Å². The molecule has 2 aromatic carbocycles. The van der Waals surface area contributed by atoms with Gasteiger partial charge in [0.15, 0.2) is 11.5 Å². The lowest BCUT2D eigenvalue weighted by atomic mass is 10.1. The third-order valence-electron chi connectivity index (χ3n) is 2.56. The van der Waals surface area contributed by atoms with E-state index in [1.54, 1.807) is 36.4 Å². The highest BCUT2D eigenvalue weighted by Gasteiger charge is 2.08. The van der Waals surface area contributed by atoms with Gasteiger partial charge in [0.1, 0.15) is 6.61 Å². The normalized spacial score (nSPS) is 12.1. The minimum absolute atomic E-state index is 0.107. The zero-order valence-corrected chi connectivity index (χ0v) is 10.5. The number of halogens is 1. The van der Waals surface area contributed by atoms with Gasteiger partial charge < -0.3 is 15.6 Å². The number of hydrogen-bond donors (Lipinski definition) is 2. The first-order valence-corrected chi connectivity index (χ1v) is 5.96. The highest BCUT2D eigenvalue weighted by molar-refractivity contribution is 6.30. The predicted octanol–water partition coefficient (Wildman–Crippen LogP) is 3.12. The molecular weight excluding hydrogens is 250 g/mol. The summed E-state index contributed by atoms with van der Waals surface area (Å²) in [4.78, 5) is 0. The van der Waals surface area contributed by atoms with Crippen molar-refractivity contribution >= 4 is 11.6 Å². The molecule has 1 atom stereocenters. The largest absolute Gasteiger partial charge is 0.504 e. The summed E-state index contributed by atoms with van der Waals surface area (Å²) in [5, 5.41) is 10.2. The van der Waals surface area contributed by atoms with Gasteiger partial charge in [0.2, 0.25) is 0 Å². The zero-order valence-electron chi connectivity index (χ0n) is 9.71. The molecule has 2 aromatic rings. The molecule has 0 saturated carbocycles. The Morgan fingerprint density at radius 2 is 1.94 bits per heavy atom. The maximum atomic E-state index is 9.55. The highest BCUT2D eigenvalue weighted by atomic mass is 35.5. The van der Waals surface area contributed by atoms with Crippen LogP contribution in [-0.4, -0.2) is 11.7 Å². The summed E-state index contributed by atoms with van der Waals surface area (Å²) in [7, 11) is 0. The molecule has 1 unspecified atom stereocenters. The van der Waals surface area contributed by atoms with Gasteiger partial charge >= 0.3 is 0 Å². The first kappa shape index (κ1) is 12.7. The minimum atomic E-state index is -0.289. The quantitative estimate of drug-likeness (QED) is 0.891. The summed E-state index contributed by atoms with van der Waals surface area (Å²) in [6, 6.07) is 13.8. The molecule has 0 aliphatic carbocycles. The second-order valence-electron chi connectivity index (χ2n) is 3.94. The van der Waals surface area contributed by atoms with Crippen LogP contribution >= 0.6 is 11.6 Å². The first-order chi connectivity index (χ1) is 8.66. The molecule has 0 fully saturated rings. The number of aromatic hydroxyl groups is 1. The molecule has 4 heteroatoms. The number of para-hydroxylation sites is 2. The van der Waals surface area contributed by atoms with Gasteiger partial charge in [-0.1, -0.05) is 35.9 Å². The molecule has 2 rings (SSSR count). The van der Waals surface area contributed by atoms with Gasteiger partial charge in [0.05, 0.1) is 6.04 Å². The topological polar surface area (TPSA) is 55.5 Å². The molecule has 0 aromatic heterocycles. The second kappa shape index (κ2) is 5.76. The van der Waals surface area contributed by atoms with Crippen LogP contribution in [0.4, 0.5) is 0 Å². The molecular formula is C14H14ClNO2. The molecule has 94 valence electrons. The van der Waals surface area contributed by atoms with Gasteiger partial charge in [-0.3, -0.25) is 0 Å². The molecule has 3 nitrogen and oxygen atoms in total. The first-order valence-electron chi connectivity index (χ1n) is 5.58. The van der Waals surface area contributed by atoms with Crippen molar-refractivity contribution in [3.05, 3.63) is 59.1 Å². The van der Waals surface area contributed by atoms with Gasteiger partial charge in [-0.2, -0.15) is 0 Å². The van der Waals surface area contributed by atoms with Crippen molar-refractivity contribution in [2.75, 3.05) is 6.61 Å². The summed E-state index contributed by atoms with van der Waals surface area (Å²) in [6.07, 6.45) is 0. The number of nitrogens with two attached hydrogens (primary N) is 1. The Labute approximate surface area is 111 Å². The van der Waals surface area contributed by atoms with Gasteiger partial charge in [0.25, 0.3) is 0 Å². The molecule has 0 amide bonds. The van der Waals surface area contributed by atoms with Crippen LogP contribution < -0.4 is 10.5 Å². The lowest BCUT2D eigenvalue weighted by molar-refractivity contribution is 0.277. The molecule has 0 bridgehead atoms. The SMILES string of the molecule is NC(COc1ccccc1O)c1cccc(Cl)c1. The Balaban J connectivity index is 2.00. The van der Waals surface area contributed by atoms with Crippen molar-refractivity contribution in [1.82, 2.24) is 0 Å². The molecule has 3 N–H and O–H groups in total. The predicted molar refractivity (Wildman–Crippen MR) is 72.0 cm³/mol. The van der Waals surface area contributed by atoms with Crippen molar-refractivity contribution in [2.45, 2.75) is 6.04 Å². The van der Waals surface area contributed by atoms with Crippen LogP contribution in [0.15, 0.2) is 48.5 Å². The van der Waals surface area contributed by atoms with Crippen LogP contribution in [-0.2, 0) is 0 Å². The van der Waals surface area contributed by atoms with E-state index < -0.39 is 0 Å². The van der Waals surface area contributed by atoms with E-state index in [9.17, 15) is 5.11 Å². The van der Waals surface area contributed by atoms with Gasteiger partial charge in [-0.15, -0.1) is 0 Å². The van der Waals surface area contributed by atoms with Crippen LogP contribution in [0.3, 0.4) is 0 Å². The average molecular weight is 264 g/mol. The van der Waals surface area contributed by atoms with Crippen molar-refractivity contribution in [3.8, 4) is 11.5 Å². The maximum Gasteiger partial charge on any atom is 0.161 e. The van der Waals surface area contributed by atoms with Crippen LogP contribution in [0.5, 0.6) is 11.5 Å². The second-order valence-corrected chi connectivity index (χ2v) is 4.38. The summed E-state index contributed by atoms with van der Waals surface area (Å²) < 4.78 is 5.47. The molecule has 0 radical (unpaired) electrons. The van der Waals surface area contributed by atoms with Crippen LogP contribution in [0.25, 0.3) is 0 Å². The molecule has 0 heterocycles. The summed E-state index contributed by atoms with van der Waals surface area (Å²) in [6.45, 7) is 0.276. The standard InChI is InChI=1S/C14H14ClNO2/c15-11-5-3-4-10(8-11)12(16)9-18-14-7-2-1-6-13(14)17/h1-8,12,17H,9,16H2. The Hall–Kier alpha value is -1.71. The smallest absolute Gasteiger partial charge is 0.161 e. The van der Waals surface area contributed by atoms with Crippen molar-refractivity contribution in [2.24, 2.45) is 5.73 Å². The molecule has 0 aliphatic rings. The Morgan fingerprint density at radius 1 is 1.17 bits per heavy atom. The summed E-state index contributed by atoms with van der Waals surface area (Å²) in [5.41, 5.74) is 6.90. The van der Waals surface area contributed by atoms with E-state index >= 15 is 0 Å². The van der Waals surface area contributed by atoms with E-state index in [0.29, 0.717) is 10.8 Å². The zero-order chi connectivity index (χ0) is 13.0. The molecule has 0 spiro atoms. The Bertz CT molecular complexity index is 531. The lowest BCUT2D eigenvalue weighted by Crippen LogP contribution is -2.18. The number of phenolic OH excluding ortho intramolecular Hbond substituents is 1. The Morgan fingerprint density at radius 3 is 2.67 bits per heavy atom. The fourth-order valence-corrected chi connectivity index (χ4v) is 1.79. The fraction of sp³-hybridized carbons (Fsp3) is 0.143. The van der Waals surface area contributed by atoms with Crippen molar-refractivity contribution in [1.29, 1.82) is 0 Å². The monoisotopic (exact) mass is 263 g/mol. The van der Waals surface area contributed by atoms with E-state index in [1.165, 1.54) is 0 Å². The third-order valence-corrected chi connectivity index (χ3v) is 2.80. The number of benzene rings is 2. The van der Waals surface area contributed by atoms with E-state index in [0.717, 1.165) is 5.56 Å². The van der Waals surface area contributed by atoms with Crippen molar-refractivity contribution in [3.63, 3.8) is 0 Å². The van der Waals surface area contributed by atoms with E-state index in [4.69, 9.17) is 22.1 Å². The number of rotatable bonds is 4. The maximum absolute atomic E-state index is 9.55. The van der Waals surface area contributed by atoms with Gasteiger partial charge in [0, 0.05) is 5.02 Å². The van der Waals surface area contributed by atoms with E-state index in [2.05, 4.69) is 0 Å². The molecule has 0 aliphatic heterocycles. The van der Waals surface area contributed by atoms with Crippen LogP contribution in [0, 0.1) is 0 Å². The third kappa shape index (κ3) is 3.15. The van der Waals surface area contributed by atoms with Gasteiger partial charge in [-0.25, -0.2) is 0 Å². The Kier molecular flexibility index (Phi) is 4.07. The number of ether oxygens (including phenoxy) is 1. The highest BCUT2D eigenvalue weighted by Crippen LogP contribution is 2.25. The fourth-order valence-electron chi connectivity index (χ4n) is 1.59. The number of hydrogen-bond acceptors (Lipinski definition) is 3. The van der Waals surface area contributed by atoms with Crippen molar-refractivity contribution < 1.29 is 9.84 Å². The van der Waals surface area contributed by atoms with E-state index in [1.807, 2.05) is 12.1 Å². The summed E-state index contributed by atoms with van der Waals surface area (Å²) in [5.74, 6) is 0.533. The number of phenols is 1. The molecule has 0 saturated heterocycles.